The lowest BCUT2D eigenvalue weighted by Gasteiger charge is -2.23. The number of nitrogens with two attached hydrogens (primary N) is 1. The molecule has 5 nitrogen and oxygen atoms in total. The van der Waals surface area contributed by atoms with Crippen molar-refractivity contribution in [3.63, 3.8) is 0 Å². The number of pyridine rings is 1. The largest absolute Gasteiger partial charge is 0.286 e. The summed E-state index contributed by atoms with van der Waals surface area (Å²) < 4.78 is 26.1. The average molecular weight is 321 g/mol. The minimum absolute atomic E-state index is 0.00688. The van der Waals surface area contributed by atoms with E-state index in [2.05, 4.69) is 4.98 Å². The van der Waals surface area contributed by atoms with Crippen molar-refractivity contribution in [2.24, 2.45) is 5.14 Å². The van der Waals surface area contributed by atoms with Crippen LogP contribution in [0.15, 0.2) is 23.2 Å². The first-order valence-corrected chi connectivity index (χ1v) is 9.48. The molecule has 0 aromatic carbocycles. The van der Waals surface area contributed by atoms with Crippen molar-refractivity contribution in [2.75, 3.05) is 0 Å². The first kappa shape index (κ1) is 15.5. The van der Waals surface area contributed by atoms with Crippen molar-refractivity contribution in [2.45, 2.75) is 62.8 Å². The molecule has 1 aliphatic rings. The third-order valence-corrected chi connectivity index (χ3v) is 5.43. The average Bonchev–Trinajstić information content (AvgIpc) is 2.87. The highest BCUT2D eigenvalue weighted by molar-refractivity contribution is 7.89. The van der Waals surface area contributed by atoms with E-state index in [0.29, 0.717) is 17.3 Å². The van der Waals surface area contributed by atoms with Gasteiger partial charge in [-0.2, -0.15) is 0 Å². The molecule has 0 aliphatic heterocycles. The van der Waals surface area contributed by atoms with Gasteiger partial charge in [-0.3, -0.25) is 4.40 Å². The molecule has 22 heavy (non-hydrogen) atoms. The van der Waals surface area contributed by atoms with E-state index in [1.807, 2.05) is 32.0 Å². The summed E-state index contributed by atoms with van der Waals surface area (Å²) in [6, 6.07) is 5.83. The number of sulfonamides is 1. The minimum atomic E-state index is -3.82. The van der Waals surface area contributed by atoms with Crippen molar-refractivity contribution in [1.82, 2.24) is 9.38 Å². The van der Waals surface area contributed by atoms with Crippen LogP contribution < -0.4 is 5.14 Å². The number of fused-ring (bicyclic) bond motifs is 1. The molecule has 120 valence electrons. The van der Waals surface area contributed by atoms with Gasteiger partial charge in [0.05, 0.1) is 5.69 Å². The van der Waals surface area contributed by atoms with Crippen LogP contribution in [0, 0.1) is 0 Å². The molecule has 0 unspecified atom stereocenters. The van der Waals surface area contributed by atoms with Crippen LogP contribution in [0.2, 0.25) is 0 Å². The number of nitrogens with zero attached hydrogens (tertiary/aromatic N) is 2. The maximum atomic E-state index is 12.2. The molecule has 3 rings (SSSR count). The summed E-state index contributed by atoms with van der Waals surface area (Å²) in [5, 5.41) is 5.68. The summed E-state index contributed by atoms with van der Waals surface area (Å²) in [7, 11) is -3.82. The van der Waals surface area contributed by atoms with Crippen LogP contribution >= 0.6 is 0 Å². The second kappa shape index (κ2) is 5.66. The van der Waals surface area contributed by atoms with Gasteiger partial charge in [0.2, 0.25) is 0 Å². The van der Waals surface area contributed by atoms with Crippen LogP contribution in [0.3, 0.4) is 0 Å². The molecule has 1 saturated carbocycles. The number of rotatable bonds is 3. The van der Waals surface area contributed by atoms with Gasteiger partial charge < -0.3 is 0 Å². The Morgan fingerprint density at radius 3 is 2.50 bits per heavy atom. The van der Waals surface area contributed by atoms with Crippen molar-refractivity contribution in [3.8, 4) is 0 Å². The van der Waals surface area contributed by atoms with Gasteiger partial charge in [0.25, 0.3) is 10.0 Å². The van der Waals surface area contributed by atoms with Crippen LogP contribution in [-0.2, 0) is 10.0 Å². The van der Waals surface area contributed by atoms with E-state index in [4.69, 9.17) is 5.14 Å². The molecule has 6 heteroatoms. The Labute approximate surface area is 131 Å². The summed E-state index contributed by atoms with van der Waals surface area (Å²) in [5.74, 6) is 0.389. The van der Waals surface area contributed by atoms with Gasteiger partial charge in [-0.05, 0) is 36.8 Å². The Morgan fingerprint density at radius 1 is 1.23 bits per heavy atom. The molecule has 0 amide bonds. The lowest BCUT2D eigenvalue weighted by molar-refractivity contribution is 0.431. The van der Waals surface area contributed by atoms with Crippen molar-refractivity contribution < 1.29 is 8.42 Å². The molecule has 2 aromatic rings. The number of primary sulfonamides is 1. The Morgan fingerprint density at radius 2 is 1.91 bits per heavy atom. The SMILES string of the molecule is CC(C)c1nc2cccc(C3CCCCC3)n2c1S(N)(=O)=O. The lowest BCUT2D eigenvalue weighted by atomic mass is 9.86. The van der Waals surface area contributed by atoms with Gasteiger partial charge in [0, 0.05) is 5.69 Å². The first-order valence-electron chi connectivity index (χ1n) is 7.93. The van der Waals surface area contributed by atoms with E-state index in [9.17, 15) is 8.42 Å². The van der Waals surface area contributed by atoms with E-state index in [1.54, 1.807) is 4.40 Å². The topological polar surface area (TPSA) is 77.5 Å². The summed E-state index contributed by atoms with van der Waals surface area (Å²) in [4.78, 5) is 4.54. The van der Waals surface area contributed by atoms with Gasteiger partial charge in [0.1, 0.15) is 5.65 Å². The lowest BCUT2D eigenvalue weighted by Crippen LogP contribution is -2.19. The number of imidazole rings is 1. The number of hydrogen-bond acceptors (Lipinski definition) is 3. The summed E-state index contributed by atoms with van der Waals surface area (Å²) in [5.41, 5.74) is 2.27. The molecule has 0 spiro atoms. The molecule has 2 N–H and O–H groups in total. The Kier molecular flexibility index (Phi) is 3.99. The fourth-order valence-corrected chi connectivity index (χ4v) is 4.50. The molecule has 2 aromatic heterocycles. The van der Waals surface area contributed by atoms with Crippen LogP contribution in [0.4, 0.5) is 0 Å². The van der Waals surface area contributed by atoms with E-state index >= 15 is 0 Å². The zero-order chi connectivity index (χ0) is 15.9. The summed E-state index contributed by atoms with van der Waals surface area (Å²) in [6.07, 6.45) is 5.83. The Balaban J connectivity index is 2.30. The smallest absolute Gasteiger partial charge is 0.255 e. The summed E-state index contributed by atoms with van der Waals surface area (Å²) >= 11 is 0. The number of aromatic nitrogens is 2. The maximum Gasteiger partial charge on any atom is 0.255 e. The van der Waals surface area contributed by atoms with Gasteiger partial charge in [0.15, 0.2) is 5.03 Å². The van der Waals surface area contributed by atoms with Gasteiger partial charge in [-0.15, -0.1) is 0 Å². The fourth-order valence-electron chi connectivity index (χ4n) is 3.47. The number of hydrogen-bond donors (Lipinski definition) is 1. The zero-order valence-electron chi connectivity index (χ0n) is 13.1. The Hall–Kier alpha value is -1.40. The third kappa shape index (κ3) is 2.65. The molecule has 0 atom stereocenters. The van der Waals surface area contributed by atoms with Crippen molar-refractivity contribution in [1.29, 1.82) is 0 Å². The highest BCUT2D eigenvalue weighted by atomic mass is 32.2. The van der Waals surface area contributed by atoms with Crippen LogP contribution in [0.1, 0.15) is 69.2 Å². The minimum Gasteiger partial charge on any atom is -0.286 e. The zero-order valence-corrected chi connectivity index (χ0v) is 13.9. The highest BCUT2D eigenvalue weighted by Crippen LogP contribution is 2.35. The first-order chi connectivity index (χ1) is 10.4. The fraction of sp³-hybridized carbons (Fsp3) is 0.562. The van der Waals surface area contributed by atoms with E-state index < -0.39 is 10.0 Å². The molecule has 1 fully saturated rings. The van der Waals surface area contributed by atoms with Crippen LogP contribution in [0.5, 0.6) is 0 Å². The standard InChI is InChI=1S/C16H23N3O2S/c1-11(2)15-16(22(17,20)21)19-13(9-6-10-14(19)18-15)12-7-4-3-5-8-12/h6,9-12H,3-5,7-8H2,1-2H3,(H2,17,20,21). The van der Waals surface area contributed by atoms with Gasteiger partial charge in [-0.25, -0.2) is 18.5 Å². The highest BCUT2D eigenvalue weighted by Gasteiger charge is 2.27. The van der Waals surface area contributed by atoms with Crippen molar-refractivity contribution in [3.05, 3.63) is 29.6 Å². The van der Waals surface area contributed by atoms with Crippen molar-refractivity contribution >= 4 is 15.7 Å². The Bertz CT molecular complexity index is 787. The van der Waals surface area contributed by atoms with Crippen LogP contribution in [0.25, 0.3) is 5.65 Å². The molecular weight excluding hydrogens is 298 g/mol. The van der Waals surface area contributed by atoms with E-state index in [0.717, 1.165) is 18.5 Å². The molecule has 0 bridgehead atoms. The van der Waals surface area contributed by atoms with Gasteiger partial charge in [-0.1, -0.05) is 39.2 Å². The molecular formula is C16H23N3O2S. The predicted molar refractivity (Wildman–Crippen MR) is 86.5 cm³/mol. The normalized spacial score (nSPS) is 17.5. The van der Waals surface area contributed by atoms with E-state index in [-0.39, 0.29) is 10.9 Å². The predicted octanol–water partition coefficient (Wildman–Crippen LogP) is 3.15. The quantitative estimate of drug-likeness (QED) is 0.943. The third-order valence-electron chi connectivity index (χ3n) is 4.50. The second-order valence-electron chi connectivity index (χ2n) is 6.48. The summed E-state index contributed by atoms with van der Waals surface area (Å²) in [6.45, 7) is 3.88. The molecule has 0 radical (unpaired) electrons. The molecule has 2 heterocycles. The monoisotopic (exact) mass is 321 g/mol. The van der Waals surface area contributed by atoms with Crippen LogP contribution in [-0.4, -0.2) is 17.8 Å². The maximum absolute atomic E-state index is 12.2. The van der Waals surface area contributed by atoms with E-state index in [1.165, 1.54) is 19.3 Å². The van der Waals surface area contributed by atoms with Gasteiger partial charge >= 0.3 is 0 Å². The molecule has 1 aliphatic carbocycles. The second-order valence-corrected chi connectivity index (χ2v) is 7.96. The molecule has 0 saturated heterocycles.